The van der Waals surface area contributed by atoms with E-state index in [1.165, 1.54) is 0 Å². The molecule has 2 fully saturated rings. The van der Waals surface area contributed by atoms with Crippen LogP contribution in [0.4, 0.5) is 10.6 Å². The van der Waals surface area contributed by atoms with E-state index in [0.29, 0.717) is 0 Å². The largest absolute Gasteiger partial charge is 0.444 e. The molecule has 36 heavy (non-hydrogen) atoms. The highest BCUT2D eigenvalue weighted by molar-refractivity contribution is 5.97. The summed E-state index contributed by atoms with van der Waals surface area (Å²) in [6.07, 6.45) is 8.98. The van der Waals surface area contributed by atoms with Crippen molar-refractivity contribution in [2.45, 2.75) is 26.4 Å². The summed E-state index contributed by atoms with van der Waals surface area (Å²) in [7, 11) is 1.91. The number of hydrogen-bond acceptors (Lipinski definition) is 7. The maximum absolute atomic E-state index is 12.3. The Morgan fingerprint density at radius 2 is 1.78 bits per heavy atom. The van der Waals surface area contributed by atoms with E-state index >= 15 is 0 Å². The highest BCUT2D eigenvalue weighted by Gasteiger charge is 2.54. The lowest BCUT2D eigenvalue weighted by molar-refractivity contribution is -0.0454. The monoisotopic (exact) mass is 483 g/mol. The Morgan fingerprint density at radius 1 is 0.972 bits per heavy atom. The number of hydrogen-bond donors (Lipinski definition) is 0. The van der Waals surface area contributed by atoms with Gasteiger partial charge in [-0.15, -0.1) is 0 Å². The van der Waals surface area contributed by atoms with Crippen LogP contribution in [0.1, 0.15) is 20.8 Å². The average Bonchev–Trinajstić information content (AvgIpc) is 3.22. The van der Waals surface area contributed by atoms with Gasteiger partial charge in [0.2, 0.25) is 0 Å². The average molecular weight is 484 g/mol. The van der Waals surface area contributed by atoms with Crippen LogP contribution in [0.25, 0.3) is 33.2 Å². The lowest BCUT2D eigenvalue weighted by Crippen LogP contribution is -2.73. The fourth-order valence-electron chi connectivity index (χ4n) is 5.14. The normalized spacial score (nSPS) is 16.7. The zero-order chi connectivity index (χ0) is 25.1. The molecule has 2 aliphatic heterocycles. The second kappa shape index (κ2) is 8.01. The van der Waals surface area contributed by atoms with Gasteiger partial charge in [0.15, 0.2) is 0 Å². The number of pyridine rings is 1. The third-order valence-electron chi connectivity index (χ3n) is 6.80. The molecule has 0 atom stereocenters. The summed E-state index contributed by atoms with van der Waals surface area (Å²) < 4.78 is 7.28. The summed E-state index contributed by atoms with van der Waals surface area (Å²) in [5.41, 5.74) is 4.72. The van der Waals surface area contributed by atoms with Gasteiger partial charge >= 0.3 is 6.09 Å². The second-order valence-electron chi connectivity index (χ2n) is 11.0. The molecule has 9 heteroatoms. The molecule has 6 rings (SSSR count). The van der Waals surface area contributed by atoms with Gasteiger partial charge in [-0.2, -0.15) is 5.10 Å². The minimum Gasteiger partial charge on any atom is -0.444 e. The first-order valence-electron chi connectivity index (χ1n) is 12.1. The summed E-state index contributed by atoms with van der Waals surface area (Å²) in [5.74, 6) is 0.948. The number of carbonyl (C=O) groups is 1. The fourth-order valence-corrected chi connectivity index (χ4v) is 5.14. The van der Waals surface area contributed by atoms with Crippen molar-refractivity contribution in [3.63, 3.8) is 0 Å². The highest BCUT2D eigenvalue weighted by Crippen LogP contribution is 2.42. The maximum atomic E-state index is 12.3. The highest BCUT2D eigenvalue weighted by atomic mass is 16.6. The molecule has 2 aliphatic rings. The predicted octanol–water partition coefficient (Wildman–Crippen LogP) is 4.15. The standard InChI is InChI=1S/C27H29N7O2/c1-26(2,3)36-25(35)34-15-27(16-34)13-33(14-27)24-6-5-18(9-29-24)21-7-19(20-10-31-32(4)12-20)8-23-22(21)11-28-17-30-23/h5-12,17H,13-16H2,1-4H3. The van der Waals surface area contributed by atoms with Crippen molar-refractivity contribution >= 4 is 22.8 Å². The molecule has 4 aromatic rings. The molecule has 2 saturated heterocycles. The first-order valence-corrected chi connectivity index (χ1v) is 12.1. The first kappa shape index (κ1) is 22.5. The number of fused-ring (bicyclic) bond motifs is 1. The number of likely N-dealkylation sites (tertiary alicyclic amines) is 1. The number of aryl methyl sites for hydroxylation is 1. The van der Waals surface area contributed by atoms with Crippen LogP contribution in [0.2, 0.25) is 0 Å². The number of aromatic nitrogens is 5. The molecule has 1 aromatic carbocycles. The summed E-state index contributed by atoms with van der Waals surface area (Å²) in [6, 6.07) is 8.39. The minimum absolute atomic E-state index is 0.156. The Labute approximate surface area is 209 Å². The van der Waals surface area contributed by atoms with Crippen molar-refractivity contribution < 1.29 is 9.53 Å². The number of carbonyl (C=O) groups excluding carboxylic acids is 1. The molecule has 1 spiro atoms. The van der Waals surface area contributed by atoms with Crippen LogP contribution >= 0.6 is 0 Å². The predicted molar refractivity (Wildman–Crippen MR) is 137 cm³/mol. The number of rotatable bonds is 3. The van der Waals surface area contributed by atoms with E-state index in [0.717, 1.165) is 65.2 Å². The van der Waals surface area contributed by atoms with Crippen LogP contribution in [0.3, 0.4) is 0 Å². The van der Waals surface area contributed by atoms with Crippen molar-refractivity contribution in [3.05, 3.63) is 55.4 Å². The third-order valence-corrected chi connectivity index (χ3v) is 6.80. The first-order chi connectivity index (χ1) is 17.2. The number of amides is 1. The molecule has 5 heterocycles. The van der Waals surface area contributed by atoms with Crippen molar-refractivity contribution in [1.82, 2.24) is 29.6 Å². The topological polar surface area (TPSA) is 89.3 Å². The molecule has 3 aromatic heterocycles. The molecule has 184 valence electrons. The molecular formula is C27H29N7O2. The van der Waals surface area contributed by atoms with Crippen LogP contribution < -0.4 is 4.90 Å². The van der Waals surface area contributed by atoms with Gasteiger partial charge in [-0.25, -0.2) is 19.7 Å². The zero-order valence-corrected chi connectivity index (χ0v) is 21.0. The van der Waals surface area contributed by atoms with Gasteiger partial charge in [-0.3, -0.25) is 4.68 Å². The van der Waals surface area contributed by atoms with Crippen LogP contribution in [-0.2, 0) is 11.8 Å². The lowest BCUT2D eigenvalue weighted by Gasteiger charge is -2.60. The van der Waals surface area contributed by atoms with Crippen molar-refractivity contribution in [1.29, 1.82) is 0 Å². The Morgan fingerprint density at radius 3 is 2.44 bits per heavy atom. The Hall–Kier alpha value is -4.01. The van der Waals surface area contributed by atoms with Gasteiger partial charge in [0.05, 0.1) is 11.7 Å². The molecule has 0 aliphatic carbocycles. The molecule has 9 nitrogen and oxygen atoms in total. The quantitative estimate of drug-likeness (QED) is 0.432. The van der Waals surface area contributed by atoms with Crippen LogP contribution in [0, 0.1) is 5.41 Å². The van der Waals surface area contributed by atoms with E-state index in [-0.39, 0.29) is 11.5 Å². The second-order valence-corrected chi connectivity index (χ2v) is 11.0. The smallest absolute Gasteiger partial charge is 0.410 e. The van der Waals surface area contributed by atoms with Crippen molar-refractivity contribution in [2.24, 2.45) is 12.5 Å². The summed E-state index contributed by atoms with van der Waals surface area (Å²) >= 11 is 0. The summed E-state index contributed by atoms with van der Waals surface area (Å²) in [6.45, 7) is 8.95. The van der Waals surface area contributed by atoms with E-state index < -0.39 is 5.60 Å². The lowest BCUT2D eigenvalue weighted by atomic mass is 9.73. The summed E-state index contributed by atoms with van der Waals surface area (Å²) in [5, 5.41) is 5.30. The molecule has 0 unspecified atom stereocenters. The van der Waals surface area contributed by atoms with E-state index in [4.69, 9.17) is 9.72 Å². The van der Waals surface area contributed by atoms with Crippen LogP contribution in [-0.4, -0.2) is 67.5 Å². The van der Waals surface area contributed by atoms with Gasteiger partial charge in [-0.05, 0) is 56.2 Å². The van der Waals surface area contributed by atoms with E-state index in [1.54, 1.807) is 15.9 Å². The van der Waals surface area contributed by atoms with Gasteiger partial charge in [0, 0.05) is 73.7 Å². The number of benzene rings is 1. The van der Waals surface area contributed by atoms with Gasteiger partial charge in [0.25, 0.3) is 0 Å². The fraction of sp³-hybridized carbons (Fsp3) is 0.370. The maximum Gasteiger partial charge on any atom is 0.410 e. The number of nitrogens with zero attached hydrogens (tertiary/aromatic N) is 7. The van der Waals surface area contributed by atoms with E-state index in [2.05, 4.69) is 44.2 Å². The SMILES string of the molecule is Cn1cc(-c2cc(-c3ccc(N4CC5(CN(C(=O)OC(C)(C)C)C5)C4)nc3)c3cncnc3c2)cn1. The van der Waals surface area contributed by atoms with Gasteiger partial charge < -0.3 is 14.5 Å². The van der Waals surface area contributed by atoms with E-state index in [1.807, 2.05) is 52.6 Å². The number of anilines is 1. The van der Waals surface area contributed by atoms with Gasteiger partial charge in [-0.1, -0.05) is 0 Å². The molecule has 0 saturated carbocycles. The Balaban J connectivity index is 1.18. The summed E-state index contributed by atoms with van der Waals surface area (Å²) in [4.78, 5) is 29.9. The third kappa shape index (κ3) is 4.04. The van der Waals surface area contributed by atoms with Crippen molar-refractivity contribution in [3.8, 4) is 22.3 Å². The van der Waals surface area contributed by atoms with E-state index in [9.17, 15) is 4.79 Å². The molecule has 0 bridgehead atoms. The Bertz CT molecular complexity index is 1440. The molecule has 1 amide bonds. The van der Waals surface area contributed by atoms with Crippen molar-refractivity contribution in [2.75, 3.05) is 31.1 Å². The molecule has 0 N–H and O–H groups in total. The van der Waals surface area contributed by atoms with Crippen LogP contribution in [0.15, 0.2) is 55.4 Å². The zero-order valence-electron chi connectivity index (χ0n) is 21.0. The Kier molecular flexibility index (Phi) is 5.00. The van der Waals surface area contributed by atoms with Gasteiger partial charge in [0.1, 0.15) is 17.7 Å². The minimum atomic E-state index is -0.466. The molecular weight excluding hydrogens is 454 g/mol. The van der Waals surface area contributed by atoms with Crippen LogP contribution in [0.5, 0.6) is 0 Å². The number of ether oxygens (including phenoxy) is 1. The molecule has 0 radical (unpaired) electrons.